The molecule has 1 unspecified atom stereocenters. The molecule has 18 heavy (non-hydrogen) atoms. The molecule has 0 saturated carbocycles. The van der Waals surface area contributed by atoms with Crippen molar-refractivity contribution in [1.29, 1.82) is 0 Å². The fourth-order valence-electron chi connectivity index (χ4n) is 2.58. The van der Waals surface area contributed by atoms with Gasteiger partial charge >= 0.3 is 0 Å². The van der Waals surface area contributed by atoms with Gasteiger partial charge in [0.05, 0.1) is 0 Å². The van der Waals surface area contributed by atoms with Crippen LogP contribution in [0, 0.1) is 0 Å². The summed E-state index contributed by atoms with van der Waals surface area (Å²) in [6.45, 7) is 0. The van der Waals surface area contributed by atoms with Gasteiger partial charge in [-0.2, -0.15) is 0 Å². The normalized spacial score (nSPS) is 21.9. The van der Waals surface area contributed by atoms with Gasteiger partial charge in [0.25, 0.3) is 0 Å². The third kappa shape index (κ3) is 1.85. The van der Waals surface area contributed by atoms with E-state index in [0.717, 1.165) is 16.7 Å². The lowest BCUT2D eigenvalue weighted by Crippen LogP contribution is -2.31. The molecule has 0 bridgehead atoms. The number of fused-ring (bicyclic) bond motifs is 1. The predicted molar refractivity (Wildman–Crippen MR) is 73.2 cm³/mol. The molecule has 2 heteroatoms. The van der Waals surface area contributed by atoms with Gasteiger partial charge in [-0.05, 0) is 17.5 Å². The van der Waals surface area contributed by atoms with Crippen molar-refractivity contribution in [3.05, 3.63) is 71.3 Å². The van der Waals surface area contributed by atoms with Crippen molar-refractivity contribution < 1.29 is 4.79 Å². The molecule has 0 fully saturated rings. The summed E-state index contributed by atoms with van der Waals surface area (Å²) in [4.78, 5) is 11.6. The number of ketones is 1. The zero-order valence-corrected chi connectivity index (χ0v) is 10.7. The van der Waals surface area contributed by atoms with Crippen LogP contribution >= 0.6 is 11.6 Å². The smallest absolute Gasteiger partial charge is 0.184 e. The van der Waals surface area contributed by atoms with E-state index in [0.29, 0.717) is 12.8 Å². The van der Waals surface area contributed by atoms with Crippen LogP contribution in [0.5, 0.6) is 0 Å². The first-order chi connectivity index (χ1) is 8.69. The molecule has 90 valence electrons. The maximum atomic E-state index is 12.4. The highest BCUT2D eigenvalue weighted by Gasteiger charge is 2.43. The second kappa shape index (κ2) is 4.25. The molecule has 1 aliphatic rings. The lowest BCUT2D eigenvalue weighted by atomic mass is 9.95. The number of rotatable bonds is 2. The Morgan fingerprint density at radius 3 is 2.39 bits per heavy atom. The molecule has 0 saturated heterocycles. The number of hydrogen-bond acceptors (Lipinski definition) is 1. The first-order valence-corrected chi connectivity index (χ1v) is 6.42. The summed E-state index contributed by atoms with van der Waals surface area (Å²) < 4.78 is 0. The maximum Gasteiger partial charge on any atom is 0.184 e. The van der Waals surface area contributed by atoms with Gasteiger partial charge in [0.1, 0.15) is 4.87 Å². The highest BCUT2D eigenvalue weighted by Crippen LogP contribution is 2.37. The summed E-state index contributed by atoms with van der Waals surface area (Å²) in [5.41, 5.74) is 2.95. The van der Waals surface area contributed by atoms with Crippen LogP contribution in [-0.4, -0.2) is 10.7 Å². The van der Waals surface area contributed by atoms with Gasteiger partial charge in [0.15, 0.2) is 5.78 Å². The van der Waals surface area contributed by atoms with Crippen molar-refractivity contribution in [2.45, 2.75) is 17.7 Å². The summed E-state index contributed by atoms with van der Waals surface area (Å²) in [7, 11) is 0. The standard InChI is InChI=1S/C16H13ClO/c17-16(10-12-6-2-1-3-7-12)11-13-8-4-5-9-14(13)15(16)18/h1-9H,10-11H2. The molecule has 2 aromatic carbocycles. The van der Waals surface area contributed by atoms with Crippen molar-refractivity contribution >= 4 is 17.4 Å². The van der Waals surface area contributed by atoms with Crippen LogP contribution in [0.3, 0.4) is 0 Å². The highest BCUT2D eigenvalue weighted by atomic mass is 35.5. The quantitative estimate of drug-likeness (QED) is 0.750. The summed E-state index contributed by atoms with van der Waals surface area (Å²) in [6, 6.07) is 17.6. The van der Waals surface area contributed by atoms with Crippen molar-refractivity contribution in [1.82, 2.24) is 0 Å². The second-order valence-electron chi connectivity index (χ2n) is 4.79. The molecule has 0 amide bonds. The molecule has 1 nitrogen and oxygen atoms in total. The molecule has 0 radical (unpaired) electrons. The number of carbonyl (C=O) groups excluding carboxylic acids is 1. The van der Waals surface area contributed by atoms with E-state index in [-0.39, 0.29) is 5.78 Å². The number of hydrogen-bond donors (Lipinski definition) is 0. The molecule has 2 aromatic rings. The van der Waals surface area contributed by atoms with Gasteiger partial charge in [-0.1, -0.05) is 54.6 Å². The second-order valence-corrected chi connectivity index (χ2v) is 5.51. The Morgan fingerprint density at radius 2 is 1.67 bits per heavy atom. The minimum Gasteiger partial charge on any atom is -0.292 e. The van der Waals surface area contributed by atoms with E-state index < -0.39 is 4.87 Å². The zero-order chi connectivity index (χ0) is 12.6. The highest BCUT2D eigenvalue weighted by molar-refractivity contribution is 6.39. The molecule has 1 atom stereocenters. The van der Waals surface area contributed by atoms with E-state index in [9.17, 15) is 4.79 Å². The number of Topliss-reactive ketones (excluding diaryl/α,β-unsaturated/α-hetero) is 1. The Morgan fingerprint density at radius 1 is 1.00 bits per heavy atom. The topological polar surface area (TPSA) is 17.1 Å². The van der Waals surface area contributed by atoms with Crippen molar-refractivity contribution in [3.63, 3.8) is 0 Å². The predicted octanol–water partition coefficient (Wildman–Crippen LogP) is 3.65. The van der Waals surface area contributed by atoms with Crippen LogP contribution in [0.2, 0.25) is 0 Å². The molecule has 1 aliphatic carbocycles. The first kappa shape index (κ1) is 11.5. The Bertz CT molecular complexity index is 591. The van der Waals surface area contributed by atoms with E-state index >= 15 is 0 Å². The van der Waals surface area contributed by atoms with Crippen LogP contribution in [-0.2, 0) is 12.8 Å². The lowest BCUT2D eigenvalue weighted by Gasteiger charge is -2.19. The van der Waals surface area contributed by atoms with Crippen molar-refractivity contribution in [3.8, 4) is 0 Å². The monoisotopic (exact) mass is 256 g/mol. The van der Waals surface area contributed by atoms with Crippen LogP contribution in [0.25, 0.3) is 0 Å². The number of alkyl halides is 1. The average Bonchev–Trinajstić information content (AvgIpc) is 2.63. The van der Waals surface area contributed by atoms with E-state index in [1.54, 1.807) is 0 Å². The number of carbonyl (C=O) groups is 1. The fraction of sp³-hybridized carbons (Fsp3) is 0.188. The summed E-state index contributed by atoms with van der Waals surface area (Å²) >= 11 is 6.57. The molecule has 0 aromatic heterocycles. The van der Waals surface area contributed by atoms with E-state index in [4.69, 9.17) is 11.6 Å². The van der Waals surface area contributed by atoms with E-state index in [1.807, 2.05) is 54.6 Å². The van der Waals surface area contributed by atoms with Gasteiger partial charge in [-0.3, -0.25) is 4.79 Å². The lowest BCUT2D eigenvalue weighted by molar-refractivity contribution is 0.0953. The average molecular weight is 257 g/mol. The van der Waals surface area contributed by atoms with Crippen LogP contribution in [0.15, 0.2) is 54.6 Å². The summed E-state index contributed by atoms with van der Waals surface area (Å²) in [5.74, 6) is 0.0589. The Kier molecular flexibility index (Phi) is 2.71. The van der Waals surface area contributed by atoms with Crippen LogP contribution in [0.1, 0.15) is 21.5 Å². The third-order valence-electron chi connectivity index (χ3n) is 3.47. The minimum atomic E-state index is -0.801. The number of benzene rings is 2. The van der Waals surface area contributed by atoms with Gasteiger partial charge in [0.2, 0.25) is 0 Å². The molecule has 0 spiro atoms. The number of halogens is 1. The van der Waals surface area contributed by atoms with E-state index in [1.165, 1.54) is 0 Å². The summed E-state index contributed by atoms with van der Waals surface area (Å²) in [6.07, 6.45) is 1.21. The Balaban J connectivity index is 1.93. The maximum absolute atomic E-state index is 12.4. The molecule has 0 N–H and O–H groups in total. The molecular weight excluding hydrogens is 244 g/mol. The Hall–Kier alpha value is -1.60. The molecular formula is C16H13ClO. The largest absolute Gasteiger partial charge is 0.292 e. The van der Waals surface area contributed by atoms with Crippen molar-refractivity contribution in [2.24, 2.45) is 0 Å². The zero-order valence-electron chi connectivity index (χ0n) is 9.90. The Labute approximate surface area is 111 Å². The third-order valence-corrected chi connectivity index (χ3v) is 3.91. The SMILES string of the molecule is O=C1c2ccccc2CC1(Cl)Cc1ccccc1. The van der Waals surface area contributed by atoms with Gasteiger partial charge in [-0.15, -0.1) is 11.6 Å². The van der Waals surface area contributed by atoms with Crippen molar-refractivity contribution in [2.75, 3.05) is 0 Å². The minimum absolute atomic E-state index is 0.0589. The molecule has 3 rings (SSSR count). The van der Waals surface area contributed by atoms with Gasteiger partial charge < -0.3 is 0 Å². The van der Waals surface area contributed by atoms with Gasteiger partial charge in [-0.25, -0.2) is 0 Å². The fourth-order valence-corrected chi connectivity index (χ4v) is 2.98. The van der Waals surface area contributed by atoms with Gasteiger partial charge in [0, 0.05) is 12.0 Å². The van der Waals surface area contributed by atoms with Crippen LogP contribution in [0.4, 0.5) is 0 Å². The molecule has 0 heterocycles. The van der Waals surface area contributed by atoms with Crippen LogP contribution < -0.4 is 0 Å². The summed E-state index contributed by atoms with van der Waals surface area (Å²) in [5, 5.41) is 0. The van der Waals surface area contributed by atoms with E-state index in [2.05, 4.69) is 0 Å². The molecule has 0 aliphatic heterocycles. The first-order valence-electron chi connectivity index (χ1n) is 6.05.